The van der Waals surface area contributed by atoms with Crippen LogP contribution in [0.4, 0.5) is 24.7 Å². The van der Waals surface area contributed by atoms with Gasteiger partial charge in [-0.2, -0.15) is 5.26 Å². The normalized spacial score (nSPS) is 18.6. The second kappa shape index (κ2) is 11.7. The fourth-order valence-corrected chi connectivity index (χ4v) is 5.90. The topological polar surface area (TPSA) is 106 Å². The van der Waals surface area contributed by atoms with Crippen LogP contribution in [0.3, 0.4) is 0 Å². The van der Waals surface area contributed by atoms with Crippen molar-refractivity contribution >= 4 is 56.8 Å². The van der Waals surface area contributed by atoms with E-state index >= 15 is 0 Å². The lowest BCUT2D eigenvalue weighted by atomic mass is 9.87. The first kappa shape index (κ1) is 29.5. The van der Waals surface area contributed by atoms with Gasteiger partial charge >= 0.3 is 0 Å². The van der Waals surface area contributed by atoms with E-state index in [0.29, 0.717) is 0 Å². The molecule has 1 saturated heterocycles. The van der Waals surface area contributed by atoms with Gasteiger partial charge in [-0.25, -0.2) is 18.2 Å². The van der Waals surface area contributed by atoms with Crippen LogP contribution >= 0.6 is 27.5 Å². The number of benzene rings is 2. The fourth-order valence-electron chi connectivity index (χ4n) is 5.20. The maximum atomic E-state index is 14.7. The molecule has 8 nitrogen and oxygen atoms in total. The summed E-state index contributed by atoms with van der Waals surface area (Å²) in [6, 6.07) is 11.1. The molecule has 1 aliphatic carbocycles. The zero-order valence-electron chi connectivity index (χ0n) is 21.7. The molecule has 2 heterocycles. The number of hydrogen-bond donors (Lipinski definition) is 1. The number of carbonyl (C=O) groups excluding carboxylic acids is 3. The average Bonchev–Trinajstić information content (AvgIpc) is 3.31. The zero-order chi connectivity index (χ0) is 30.2. The van der Waals surface area contributed by atoms with Crippen LogP contribution in [0.1, 0.15) is 42.9 Å². The predicted octanol–water partition coefficient (Wildman–Crippen LogP) is 5.69. The van der Waals surface area contributed by atoms with Crippen molar-refractivity contribution in [1.82, 2.24) is 10.3 Å². The molecule has 0 bridgehead atoms. The van der Waals surface area contributed by atoms with Gasteiger partial charge in [0, 0.05) is 52.2 Å². The molecule has 1 aromatic heterocycles. The molecule has 13 heteroatoms. The summed E-state index contributed by atoms with van der Waals surface area (Å²) < 4.78 is 42.2. The van der Waals surface area contributed by atoms with Crippen molar-refractivity contribution in [3.05, 3.63) is 87.2 Å². The van der Waals surface area contributed by atoms with E-state index in [1.807, 2.05) is 6.07 Å². The number of halogens is 5. The summed E-state index contributed by atoms with van der Waals surface area (Å²) in [4.78, 5) is 47.8. The minimum absolute atomic E-state index is 0.0321. The van der Waals surface area contributed by atoms with Gasteiger partial charge in [-0.1, -0.05) is 45.7 Å². The lowest BCUT2D eigenvalue weighted by molar-refractivity contribution is -0.133. The molecular weight excluding hydrogens is 639 g/mol. The van der Waals surface area contributed by atoms with Crippen molar-refractivity contribution in [3.8, 4) is 6.07 Å². The summed E-state index contributed by atoms with van der Waals surface area (Å²) in [6.45, 7) is 0. The number of amides is 3. The van der Waals surface area contributed by atoms with Crippen molar-refractivity contribution in [2.45, 2.75) is 49.7 Å². The highest BCUT2D eigenvalue weighted by molar-refractivity contribution is 9.10. The van der Waals surface area contributed by atoms with Crippen molar-refractivity contribution < 1.29 is 27.6 Å². The second-order valence-electron chi connectivity index (χ2n) is 10.1. The summed E-state index contributed by atoms with van der Waals surface area (Å²) in [5, 5.41) is 12.0. The molecule has 1 N–H and O–H groups in total. The van der Waals surface area contributed by atoms with E-state index in [9.17, 15) is 32.8 Å². The van der Waals surface area contributed by atoms with Crippen molar-refractivity contribution in [3.63, 3.8) is 0 Å². The summed E-state index contributed by atoms with van der Waals surface area (Å²) in [7, 11) is 0. The molecule has 0 spiro atoms. The molecule has 1 saturated carbocycles. The molecule has 42 heavy (non-hydrogen) atoms. The molecular formula is C29H22BrClF3N5O3. The molecule has 2 fully saturated rings. The third kappa shape index (κ3) is 5.98. The van der Waals surface area contributed by atoms with Gasteiger partial charge in [0.1, 0.15) is 23.7 Å². The number of aromatic nitrogens is 1. The predicted molar refractivity (Wildman–Crippen MR) is 151 cm³/mol. The third-order valence-corrected chi connectivity index (χ3v) is 7.93. The van der Waals surface area contributed by atoms with Crippen LogP contribution in [0.5, 0.6) is 0 Å². The Labute approximate surface area is 252 Å². The highest BCUT2D eigenvalue weighted by Crippen LogP contribution is 2.40. The standard InChI is InChI=1S/C29H22BrClF3N5O3/c30-17-10-18(32)12-20(11-17)38(28(42)23-5-6-25(40)39(23)24-9-16(15-35)7-8-36-24)26(21-3-1-2-4-22(21)31)27(41)37-19-13-29(33,34)14-19/h1-4,7-12,19,23,26H,5-6,13-14H2,(H,37,41). The molecule has 3 aromatic rings. The number of carbonyl (C=O) groups is 3. The fraction of sp³-hybridized carbons (Fsp3) is 0.276. The molecule has 1 aliphatic heterocycles. The number of nitrogens with one attached hydrogen (secondary N) is 1. The van der Waals surface area contributed by atoms with Crippen LogP contribution in [0, 0.1) is 17.1 Å². The van der Waals surface area contributed by atoms with Crippen LogP contribution < -0.4 is 15.1 Å². The van der Waals surface area contributed by atoms with E-state index in [2.05, 4.69) is 26.2 Å². The monoisotopic (exact) mass is 659 g/mol. The molecule has 3 amide bonds. The van der Waals surface area contributed by atoms with E-state index in [0.717, 1.165) is 21.9 Å². The molecule has 2 atom stereocenters. The Morgan fingerprint density at radius 1 is 1.19 bits per heavy atom. The number of alkyl halides is 2. The minimum atomic E-state index is -2.92. The minimum Gasteiger partial charge on any atom is -0.351 e. The second-order valence-corrected chi connectivity index (χ2v) is 11.4. The van der Waals surface area contributed by atoms with Gasteiger partial charge in [0.25, 0.3) is 11.8 Å². The van der Waals surface area contributed by atoms with Gasteiger partial charge < -0.3 is 5.32 Å². The van der Waals surface area contributed by atoms with Gasteiger partial charge in [0.15, 0.2) is 0 Å². The van der Waals surface area contributed by atoms with Crippen molar-refractivity contribution in [1.29, 1.82) is 5.26 Å². The number of anilines is 2. The largest absolute Gasteiger partial charge is 0.351 e. The maximum absolute atomic E-state index is 14.7. The van der Waals surface area contributed by atoms with Crippen LogP contribution in [0.15, 0.2) is 65.3 Å². The van der Waals surface area contributed by atoms with Crippen LogP contribution in [-0.2, 0) is 14.4 Å². The molecule has 2 unspecified atom stereocenters. The van der Waals surface area contributed by atoms with E-state index in [1.54, 1.807) is 12.1 Å². The molecule has 2 aromatic carbocycles. The van der Waals surface area contributed by atoms with Crippen molar-refractivity contribution in [2.24, 2.45) is 0 Å². The Morgan fingerprint density at radius 2 is 1.93 bits per heavy atom. The smallest absolute Gasteiger partial charge is 0.252 e. The first-order valence-corrected chi connectivity index (χ1v) is 14.0. The summed E-state index contributed by atoms with van der Waals surface area (Å²) >= 11 is 9.73. The first-order valence-electron chi connectivity index (χ1n) is 12.9. The lowest BCUT2D eigenvalue weighted by Gasteiger charge is -2.39. The first-order chi connectivity index (χ1) is 20.0. The SMILES string of the molecule is N#Cc1ccnc(N2C(=O)CCC2C(=O)N(c2cc(F)cc(Br)c2)C(C(=O)NC2CC(F)(F)C2)c2ccccc2Cl)c1. The van der Waals surface area contributed by atoms with Gasteiger partial charge in [-0.3, -0.25) is 24.2 Å². The van der Waals surface area contributed by atoms with Crippen LogP contribution in [0.25, 0.3) is 0 Å². The van der Waals surface area contributed by atoms with Crippen LogP contribution in [0.2, 0.25) is 5.02 Å². The molecule has 0 radical (unpaired) electrons. The van der Waals surface area contributed by atoms with E-state index < -0.39 is 60.4 Å². The number of pyridine rings is 1. The summed E-state index contributed by atoms with van der Waals surface area (Å²) in [5.74, 6) is -5.59. The molecule has 216 valence electrons. The molecule has 5 rings (SSSR count). The van der Waals surface area contributed by atoms with Gasteiger partial charge in [0.05, 0.1) is 11.6 Å². The average molecular weight is 661 g/mol. The number of nitrogens with zero attached hydrogens (tertiary/aromatic N) is 4. The quantitative estimate of drug-likeness (QED) is 0.351. The Hall–Kier alpha value is -3.95. The highest BCUT2D eigenvalue weighted by atomic mass is 79.9. The van der Waals surface area contributed by atoms with Gasteiger partial charge in [-0.05, 0) is 42.8 Å². The Morgan fingerprint density at radius 3 is 2.60 bits per heavy atom. The van der Waals surface area contributed by atoms with E-state index in [1.165, 1.54) is 36.5 Å². The number of hydrogen-bond acceptors (Lipinski definition) is 5. The summed E-state index contributed by atoms with van der Waals surface area (Å²) in [5.41, 5.74) is 0.336. The Bertz CT molecular complexity index is 1590. The van der Waals surface area contributed by atoms with Gasteiger partial charge in [-0.15, -0.1) is 0 Å². The maximum Gasteiger partial charge on any atom is 0.252 e. The highest BCUT2D eigenvalue weighted by Gasteiger charge is 2.48. The Kier molecular flexibility index (Phi) is 8.25. The van der Waals surface area contributed by atoms with Crippen LogP contribution in [-0.4, -0.2) is 40.7 Å². The van der Waals surface area contributed by atoms with E-state index in [-0.39, 0.29) is 45.0 Å². The number of rotatable bonds is 7. The Balaban J connectivity index is 1.63. The van der Waals surface area contributed by atoms with E-state index in [4.69, 9.17) is 11.6 Å². The third-order valence-electron chi connectivity index (χ3n) is 7.12. The lowest BCUT2D eigenvalue weighted by Crippen LogP contribution is -2.56. The summed E-state index contributed by atoms with van der Waals surface area (Å²) in [6.07, 6.45) is 0.194. The van der Waals surface area contributed by atoms with Crippen molar-refractivity contribution in [2.75, 3.05) is 9.80 Å². The molecule has 2 aliphatic rings. The van der Waals surface area contributed by atoms with Gasteiger partial charge in [0.2, 0.25) is 11.8 Å². The zero-order valence-corrected chi connectivity index (χ0v) is 24.1. The number of nitriles is 1.